The molecule has 2 heterocycles. The van der Waals surface area contributed by atoms with Gasteiger partial charge in [0.1, 0.15) is 11.3 Å². The van der Waals surface area contributed by atoms with Crippen LogP contribution in [0.2, 0.25) is 0 Å². The van der Waals surface area contributed by atoms with E-state index in [1.54, 1.807) is 45.7 Å². The molecule has 1 unspecified atom stereocenters. The molecule has 8 heteroatoms. The average molecular weight is 529 g/mol. The van der Waals surface area contributed by atoms with Gasteiger partial charge in [0.15, 0.2) is 17.1 Å². The van der Waals surface area contributed by atoms with Gasteiger partial charge in [-0.1, -0.05) is 50.1 Å². The van der Waals surface area contributed by atoms with E-state index in [4.69, 9.17) is 14.2 Å². The van der Waals surface area contributed by atoms with Crippen molar-refractivity contribution in [2.75, 3.05) is 26.6 Å². The number of benzene rings is 2. The molecule has 204 valence electrons. The smallest absolute Gasteiger partial charge is 0.225 e. The first-order valence-corrected chi connectivity index (χ1v) is 13.3. The Morgan fingerprint density at radius 1 is 0.872 bits per heavy atom. The molecule has 0 radical (unpaired) electrons. The Kier molecular flexibility index (Phi) is 9.67. The lowest BCUT2D eigenvalue weighted by Gasteiger charge is -2.15. The molecule has 39 heavy (non-hydrogen) atoms. The van der Waals surface area contributed by atoms with E-state index >= 15 is 0 Å². The van der Waals surface area contributed by atoms with E-state index < -0.39 is 0 Å². The zero-order valence-electron chi connectivity index (χ0n) is 23.1. The third-order valence-corrected chi connectivity index (χ3v) is 6.76. The number of anilines is 1. The number of methoxy groups -OCH3 is 3. The number of nitrogens with one attached hydrogen (secondary N) is 1. The Labute approximate surface area is 229 Å². The van der Waals surface area contributed by atoms with Crippen molar-refractivity contribution in [1.82, 2.24) is 15.0 Å². The van der Waals surface area contributed by atoms with Crippen LogP contribution < -0.4 is 19.5 Å². The van der Waals surface area contributed by atoms with Crippen LogP contribution in [0.4, 0.5) is 5.82 Å². The van der Waals surface area contributed by atoms with Gasteiger partial charge in [0, 0.05) is 12.0 Å². The van der Waals surface area contributed by atoms with E-state index in [2.05, 4.69) is 51.5 Å². The van der Waals surface area contributed by atoms with E-state index in [0.717, 1.165) is 32.1 Å². The lowest BCUT2D eigenvalue weighted by atomic mass is 9.96. The number of aryl methyl sites for hydroxylation is 1. The molecule has 4 rings (SSSR count). The van der Waals surface area contributed by atoms with Crippen LogP contribution in [0.3, 0.4) is 0 Å². The number of hydrogen-bond donors (Lipinski definition) is 1. The molecular formula is C31H36N4O4. The summed E-state index contributed by atoms with van der Waals surface area (Å²) in [7, 11) is 4.69. The molecule has 0 spiro atoms. The van der Waals surface area contributed by atoms with Crippen LogP contribution in [0, 0.1) is 5.92 Å². The minimum atomic E-state index is -0.0518. The molecule has 1 atom stereocenters. The Morgan fingerprint density at radius 2 is 1.64 bits per heavy atom. The highest BCUT2D eigenvalue weighted by atomic mass is 16.5. The van der Waals surface area contributed by atoms with Crippen LogP contribution in [0.25, 0.3) is 22.4 Å². The number of fused-ring (bicyclic) bond motifs is 1. The van der Waals surface area contributed by atoms with Crippen LogP contribution in [0.1, 0.15) is 44.6 Å². The van der Waals surface area contributed by atoms with Crippen LogP contribution in [0.5, 0.6) is 17.2 Å². The van der Waals surface area contributed by atoms with Gasteiger partial charge in [0.25, 0.3) is 0 Å². The molecule has 2 aromatic carbocycles. The number of pyridine rings is 1. The van der Waals surface area contributed by atoms with Gasteiger partial charge in [-0.25, -0.2) is 9.97 Å². The summed E-state index contributed by atoms with van der Waals surface area (Å²) in [6.45, 7) is 2.26. The predicted octanol–water partition coefficient (Wildman–Crippen LogP) is 6.49. The molecule has 0 aliphatic carbocycles. The van der Waals surface area contributed by atoms with E-state index in [1.807, 2.05) is 12.1 Å². The molecular weight excluding hydrogens is 492 g/mol. The standard InChI is InChI=1S/C31H36N4O4/c1-21(10-8-14-22-12-6-5-7-13-22)11-9-15-28(36)34-27-19-17-24-31(35-27)33-25(20-32-24)23-16-18-26(37-2)30(39-4)29(23)38-3/h5-7,12-13,16-21H,8-11,14-15H2,1-4H3,(H,33,34,35,36). The van der Waals surface area contributed by atoms with Gasteiger partial charge in [0.2, 0.25) is 11.7 Å². The van der Waals surface area contributed by atoms with Gasteiger partial charge in [-0.2, -0.15) is 0 Å². The highest BCUT2D eigenvalue weighted by Crippen LogP contribution is 2.43. The van der Waals surface area contributed by atoms with Crippen molar-refractivity contribution >= 4 is 22.9 Å². The van der Waals surface area contributed by atoms with Gasteiger partial charge in [0.05, 0.1) is 33.2 Å². The van der Waals surface area contributed by atoms with Crippen LogP contribution in [-0.2, 0) is 11.2 Å². The summed E-state index contributed by atoms with van der Waals surface area (Å²) < 4.78 is 16.5. The molecule has 8 nitrogen and oxygen atoms in total. The average Bonchev–Trinajstić information content (AvgIpc) is 2.96. The van der Waals surface area contributed by atoms with E-state index in [-0.39, 0.29) is 5.91 Å². The van der Waals surface area contributed by atoms with E-state index in [0.29, 0.717) is 57.8 Å². The number of nitrogens with zero attached hydrogens (tertiary/aromatic N) is 3. The van der Waals surface area contributed by atoms with Crippen LogP contribution >= 0.6 is 0 Å². The van der Waals surface area contributed by atoms with Crippen molar-refractivity contribution in [1.29, 1.82) is 0 Å². The number of carbonyl (C=O) groups is 1. The molecule has 0 fully saturated rings. The molecule has 0 saturated heterocycles. The molecule has 0 saturated carbocycles. The predicted molar refractivity (Wildman–Crippen MR) is 153 cm³/mol. The van der Waals surface area contributed by atoms with E-state index in [1.165, 1.54) is 5.56 Å². The van der Waals surface area contributed by atoms with Gasteiger partial charge in [-0.3, -0.25) is 9.78 Å². The fourth-order valence-electron chi connectivity index (χ4n) is 4.66. The molecule has 0 bridgehead atoms. The van der Waals surface area contributed by atoms with Crippen LogP contribution in [0.15, 0.2) is 60.8 Å². The fourth-order valence-corrected chi connectivity index (χ4v) is 4.66. The fraction of sp³-hybridized carbons (Fsp3) is 0.355. The maximum absolute atomic E-state index is 12.6. The highest BCUT2D eigenvalue weighted by Gasteiger charge is 2.19. The van der Waals surface area contributed by atoms with Crippen LogP contribution in [-0.4, -0.2) is 42.2 Å². The zero-order valence-corrected chi connectivity index (χ0v) is 23.1. The van der Waals surface area contributed by atoms with Crippen molar-refractivity contribution in [3.05, 3.63) is 66.4 Å². The molecule has 0 aliphatic rings. The van der Waals surface area contributed by atoms with Crippen molar-refractivity contribution in [2.24, 2.45) is 5.92 Å². The lowest BCUT2D eigenvalue weighted by Crippen LogP contribution is -2.13. The maximum atomic E-state index is 12.6. The van der Waals surface area contributed by atoms with Gasteiger partial charge >= 0.3 is 0 Å². The number of amides is 1. The molecule has 0 aliphatic heterocycles. The number of ether oxygens (including phenoxy) is 3. The van der Waals surface area contributed by atoms with Crippen molar-refractivity contribution in [2.45, 2.75) is 45.4 Å². The summed E-state index contributed by atoms with van der Waals surface area (Å²) in [6, 6.07) is 17.7. The second-order valence-electron chi connectivity index (χ2n) is 9.60. The second-order valence-corrected chi connectivity index (χ2v) is 9.60. The third-order valence-electron chi connectivity index (χ3n) is 6.76. The first kappa shape index (κ1) is 27.8. The Balaban J connectivity index is 1.35. The SMILES string of the molecule is COc1ccc(-c2cnc3ccc(NC(=O)CCCC(C)CCCc4ccccc4)nc3n2)c(OC)c1OC. The topological polar surface area (TPSA) is 95.5 Å². The third kappa shape index (κ3) is 7.22. The first-order valence-electron chi connectivity index (χ1n) is 13.3. The molecule has 1 N–H and O–H groups in total. The number of aromatic nitrogens is 3. The second kappa shape index (κ2) is 13.6. The quantitative estimate of drug-likeness (QED) is 0.212. The summed E-state index contributed by atoms with van der Waals surface area (Å²) in [5.41, 5.74) is 3.69. The largest absolute Gasteiger partial charge is 0.493 e. The number of carbonyl (C=O) groups excluding carboxylic acids is 1. The summed E-state index contributed by atoms with van der Waals surface area (Å²) in [6.07, 6.45) is 7.41. The molecule has 1 amide bonds. The monoisotopic (exact) mass is 528 g/mol. The lowest BCUT2D eigenvalue weighted by molar-refractivity contribution is -0.116. The van der Waals surface area contributed by atoms with Gasteiger partial charge in [-0.05, 0) is 55.0 Å². The number of hydrogen-bond acceptors (Lipinski definition) is 7. The van der Waals surface area contributed by atoms with Crippen molar-refractivity contribution in [3.8, 4) is 28.5 Å². The Morgan fingerprint density at radius 3 is 2.38 bits per heavy atom. The summed E-state index contributed by atoms with van der Waals surface area (Å²) in [5.74, 6) is 2.50. The molecule has 4 aromatic rings. The van der Waals surface area contributed by atoms with Crippen molar-refractivity contribution in [3.63, 3.8) is 0 Å². The van der Waals surface area contributed by atoms with Gasteiger partial charge in [-0.15, -0.1) is 0 Å². The minimum Gasteiger partial charge on any atom is -0.493 e. The summed E-state index contributed by atoms with van der Waals surface area (Å²) >= 11 is 0. The summed E-state index contributed by atoms with van der Waals surface area (Å²) in [5, 5.41) is 2.91. The van der Waals surface area contributed by atoms with Gasteiger partial charge < -0.3 is 19.5 Å². The van der Waals surface area contributed by atoms with E-state index in [9.17, 15) is 4.79 Å². The first-order chi connectivity index (χ1) is 19.0. The van der Waals surface area contributed by atoms with Crippen molar-refractivity contribution < 1.29 is 19.0 Å². The zero-order chi connectivity index (χ0) is 27.6. The highest BCUT2D eigenvalue weighted by molar-refractivity contribution is 5.90. The normalized spacial score (nSPS) is 11.7. The minimum absolute atomic E-state index is 0.0518. The Hall–Kier alpha value is -4.20. The summed E-state index contributed by atoms with van der Waals surface area (Å²) in [4.78, 5) is 26.3. The maximum Gasteiger partial charge on any atom is 0.225 e. The molecule has 2 aromatic heterocycles. The number of rotatable bonds is 13. The Bertz CT molecular complexity index is 1390.